The summed E-state index contributed by atoms with van der Waals surface area (Å²) in [6, 6.07) is 0. The van der Waals surface area contributed by atoms with Crippen LogP contribution in [0.2, 0.25) is 0 Å². The van der Waals surface area contributed by atoms with Crippen LogP contribution < -0.4 is 0 Å². The summed E-state index contributed by atoms with van der Waals surface area (Å²) < 4.78 is 5.42. The van der Waals surface area contributed by atoms with Crippen LogP contribution in [0.1, 0.15) is 83.1 Å². The molecule has 28 heavy (non-hydrogen) atoms. The SMILES string of the molecule is CC1=C(C)C(C)[C]([Er]([C]2=C(C)C(C)=C(C)C2C)[C]2=C(C)C(C)=C(C)C2C)=C1C. The van der Waals surface area contributed by atoms with Gasteiger partial charge in [0.1, 0.15) is 0 Å². The van der Waals surface area contributed by atoms with Gasteiger partial charge in [-0.05, 0) is 0 Å². The first-order valence-corrected chi connectivity index (χ1v) is 13.4. The number of hydrogen-bond donors (Lipinski definition) is 0. The molecule has 3 unspecified atom stereocenters. The minimum atomic E-state index is -1.46. The Balaban J connectivity index is 2.29. The van der Waals surface area contributed by atoms with Gasteiger partial charge >= 0.3 is 188 Å². The maximum absolute atomic E-state index is 2.47. The number of rotatable bonds is 3. The van der Waals surface area contributed by atoms with Crippen molar-refractivity contribution in [1.82, 2.24) is 0 Å². The van der Waals surface area contributed by atoms with Crippen LogP contribution in [0.5, 0.6) is 0 Å². The van der Waals surface area contributed by atoms with Gasteiger partial charge in [0.25, 0.3) is 0 Å². The van der Waals surface area contributed by atoms with Gasteiger partial charge in [-0.3, -0.25) is 0 Å². The van der Waals surface area contributed by atoms with Crippen LogP contribution in [0.3, 0.4) is 0 Å². The van der Waals surface area contributed by atoms with E-state index in [0.717, 1.165) is 0 Å². The molecule has 0 aromatic rings. The summed E-state index contributed by atoms with van der Waals surface area (Å²) in [5.41, 5.74) is 14.3. The average Bonchev–Trinajstić information content (AvgIpc) is 3.06. The molecule has 1 heteroatoms. The molecule has 0 amide bonds. The Bertz CT molecular complexity index is 815. The standard InChI is InChI=1S/3C9H13.Er/c3*1-6-5-7(2)9(4)8(6)3;/h3*6H,1-4H3;. The Morgan fingerprint density at radius 2 is 0.607 bits per heavy atom. The third-order valence-corrected chi connectivity index (χ3v) is 15.4. The van der Waals surface area contributed by atoms with Gasteiger partial charge in [-0.1, -0.05) is 0 Å². The van der Waals surface area contributed by atoms with E-state index in [2.05, 4.69) is 83.1 Å². The molecule has 0 nitrogen and oxygen atoms in total. The fourth-order valence-electron chi connectivity index (χ4n) is 4.79. The van der Waals surface area contributed by atoms with Crippen LogP contribution in [0.15, 0.2) is 55.4 Å². The van der Waals surface area contributed by atoms with Crippen molar-refractivity contribution >= 4 is 0 Å². The normalized spacial score (nSPS) is 29.6. The second-order valence-electron chi connectivity index (χ2n) is 9.08. The third-order valence-electron chi connectivity index (χ3n) is 7.88. The quantitative estimate of drug-likeness (QED) is 0.344. The van der Waals surface area contributed by atoms with Gasteiger partial charge in [0, 0.05) is 0 Å². The number of hydrogen-bond acceptors (Lipinski definition) is 0. The van der Waals surface area contributed by atoms with Crippen LogP contribution in [-0.2, 0) is 0 Å². The van der Waals surface area contributed by atoms with Gasteiger partial charge in [0.15, 0.2) is 0 Å². The molecule has 3 atom stereocenters. The van der Waals surface area contributed by atoms with Gasteiger partial charge in [0.2, 0.25) is 0 Å². The van der Waals surface area contributed by atoms with E-state index in [4.69, 9.17) is 0 Å². The van der Waals surface area contributed by atoms with Crippen molar-refractivity contribution in [1.29, 1.82) is 0 Å². The van der Waals surface area contributed by atoms with Gasteiger partial charge < -0.3 is 0 Å². The number of allylic oxidation sites excluding steroid dienone is 12. The van der Waals surface area contributed by atoms with Gasteiger partial charge in [-0.25, -0.2) is 0 Å². The van der Waals surface area contributed by atoms with Crippen LogP contribution in [0.4, 0.5) is 0 Å². The van der Waals surface area contributed by atoms with Crippen LogP contribution in [-0.4, -0.2) is 0 Å². The summed E-state index contributed by atoms with van der Waals surface area (Å²) in [5, 5.41) is 0. The van der Waals surface area contributed by atoms with E-state index in [-0.39, 0.29) is 0 Å². The van der Waals surface area contributed by atoms with Crippen molar-refractivity contribution in [3.05, 3.63) is 55.4 Å². The van der Waals surface area contributed by atoms with E-state index in [0.29, 0.717) is 17.8 Å². The summed E-state index contributed by atoms with van der Waals surface area (Å²) in [6.07, 6.45) is 0. The first kappa shape index (κ1) is 22.4. The Morgan fingerprint density at radius 3 is 0.750 bits per heavy atom. The molecule has 0 aromatic carbocycles. The predicted molar refractivity (Wildman–Crippen MR) is 121 cm³/mol. The zero-order valence-corrected chi connectivity index (χ0v) is 21.9. The molecule has 0 spiro atoms. The second-order valence-corrected chi connectivity index (χ2v) is 13.5. The molecule has 0 N–H and O–H groups in total. The molecule has 3 aliphatic rings. The summed E-state index contributed by atoms with van der Waals surface area (Å²) in [5.74, 6) is 1.79. The molecule has 0 radical (unpaired) electrons. The summed E-state index contributed by atoms with van der Waals surface area (Å²) in [7, 11) is 0. The molecule has 0 bridgehead atoms. The van der Waals surface area contributed by atoms with Crippen molar-refractivity contribution < 1.29 is 31.5 Å². The van der Waals surface area contributed by atoms with E-state index in [9.17, 15) is 0 Å². The molecule has 3 aliphatic carbocycles. The topological polar surface area (TPSA) is 0 Å². The van der Waals surface area contributed by atoms with Crippen molar-refractivity contribution in [2.75, 3.05) is 0 Å². The van der Waals surface area contributed by atoms with Crippen molar-refractivity contribution in [3.63, 3.8) is 0 Å². The van der Waals surface area contributed by atoms with Crippen LogP contribution >= 0.6 is 0 Å². The van der Waals surface area contributed by atoms with Crippen molar-refractivity contribution in [2.24, 2.45) is 17.8 Å². The van der Waals surface area contributed by atoms with Crippen LogP contribution in [0, 0.1) is 49.3 Å². The third kappa shape index (κ3) is 3.05. The average molecular weight is 531 g/mol. The molecule has 0 aromatic heterocycles. The fraction of sp³-hybridized carbons (Fsp3) is 0.556. The fourth-order valence-corrected chi connectivity index (χ4v) is 13.1. The van der Waals surface area contributed by atoms with Crippen molar-refractivity contribution in [2.45, 2.75) is 83.1 Å². The van der Waals surface area contributed by atoms with E-state index in [1.54, 1.807) is 50.2 Å². The second kappa shape index (κ2) is 7.74. The van der Waals surface area contributed by atoms with E-state index in [1.807, 2.05) is 5.20 Å². The maximum atomic E-state index is 2.47. The monoisotopic (exact) mass is 529 g/mol. The zero-order valence-electron chi connectivity index (χ0n) is 20.0. The summed E-state index contributed by atoms with van der Waals surface area (Å²) in [4.78, 5) is 0. The Kier molecular flexibility index (Phi) is 6.19. The zero-order chi connectivity index (χ0) is 21.2. The van der Waals surface area contributed by atoms with E-state index in [1.165, 1.54) is 0 Å². The predicted octanol–water partition coefficient (Wildman–Crippen LogP) is 8.39. The first-order valence-electron chi connectivity index (χ1n) is 10.6. The van der Waals surface area contributed by atoms with Crippen molar-refractivity contribution in [3.8, 4) is 0 Å². The minimum absolute atomic E-state index is 0.596. The van der Waals surface area contributed by atoms with Gasteiger partial charge in [-0.15, -0.1) is 0 Å². The molecule has 3 rings (SSSR count). The first-order chi connectivity index (χ1) is 12.9. The van der Waals surface area contributed by atoms with E-state index >= 15 is 0 Å². The van der Waals surface area contributed by atoms with Gasteiger partial charge in [0.05, 0.1) is 0 Å². The molecule has 0 saturated carbocycles. The Morgan fingerprint density at radius 1 is 0.393 bits per heavy atom. The van der Waals surface area contributed by atoms with E-state index < -0.39 is 31.5 Å². The molecule has 159 valence electrons. The molecule has 0 saturated heterocycles. The Hall–Kier alpha value is -0.313. The Labute approximate surface area is 186 Å². The van der Waals surface area contributed by atoms with Crippen LogP contribution in [0.25, 0.3) is 0 Å². The molecule has 0 heterocycles. The molecule has 0 aliphatic heterocycles. The molecular weight excluding hydrogens is 492 g/mol. The molecular formula is C27H39Er. The summed E-state index contributed by atoms with van der Waals surface area (Å²) in [6.45, 7) is 28.8. The molecule has 0 fully saturated rings. The van der Waals surface area contributed by atoms with Gasteiger partial charge in [-0.2, -0.15) is 0 Å². The summed E-state index contributed by atoms with van der Waals surface area (Å²) >= 11 is -1.46.